The van der Waals surface area contributed by atoms with Crippen LogP contribution in [0.5, 0.6) is 5.88 Å². The number of carbonyl (C=O) groups excluding carboxylic acids is 1. The molecule has 4 N–H and O–H groups in total. The first kappa shape index (κ1) is 48.5. The van der Waals surface area contributed by atoms with Gasteiger partial charge in [-0.05, 0) is 151 Å². The number of hydrogen-bond acceptors (Lipinski definition) is 14. The lowest BCUT2D eigenvalue weighted by atomic mass is 9.59. The highest BCUT2D eigenvalue weighted by molar-refractivity contribution is 7.90. The Hall–Kier alpha value is -5.79. The molecule has 382 valence electrons. The van der Waals surface area contributed by atoms with E-state index in [0.29, 0.717) is 80.0 Å². The number of pyridine rings is 1. The number of aromatic nitrogens is 2. The summed E-state index contributed by atoms with van der Waals surface area (Å²) in [6, 6.07) is 23.1. The molecule has 2 aromatic heterocycles. The van der Waals surface area contributed by atoms with Crippen LogP contribution in [0.15, 0.2) is 83.9 Å². The minimum absolute atomic E-state index is 0.119. The molecule has 4 aliphatic heterocycles. The molecule has 17 nitrogen and oxygen atoms in total. The molecule has 1 spiro atoms. The first-order valence-electron chi connectivity index (χ1n) is 25.8. The molecular weight excluding hydrogens is 935 g/mol. The van der Waals surface area contributed by atoms with Gasteiger partial charge in [-0.25, -0.2) is 13.1 Å². The Bertz CT molecular complexity index is 2970. The summed E-state index contributed by atoms with van der Waals surface area (Å²) >= 11 is 0. The Labute approximate surface area is 421 Å². The maximum absolute atomic E-state index is 14.7. The lowest BCUT2D eigenvalue weighted by Gasteiger charge is -2.59. The Balaban J connectivity index is 0.868. The Morgan fingerprint density at radius 3 is 2.53 bits per heavy atom. The minimum atomic E-state index is -4.62. The maximum atomic E-state index is 14.7. The van der Waals surface area contributed by atoms with Crippen LogP contribution in [-0.2, 0) is 14.8 Å². The zero-order chi connectivity index (χ0) is 50.1. The highest BCUT2D eigenvalue weighted by atomic mass is 32.2. The number of anilines is 4. The number of nitro groups is 1. The van der Waals surface area contributed by atoms with E-state index in [1.165, 1.54) is 36.1 Å². The van der Waals surface area contributed by atoms with Gasteiger partial charge in [0.05, 0.1) is 39.3 Å². The van der Waals surface area contributed by atoms with E-state index in [1.807, 2.05) is 37.4 Å². The summed E-state index contributed by atoms with van der Waals surface area (Å²) in [4.78, 5) is 43.9. The number of carbonyl (C=O) groups is 1. The van der Waals surface area contributed by atoms with Gasteiger partial charge in [-0.15, -0.1) is 0 Å². The molecule has 11 rings (SSSR count). The summed E-state index contributed by atoms with van der Waals surface area (Å²) < 4.78 is 43.1. The molecule has 3 aromatic carbocycles. The number of aryl methyl sites for hydroxylation is 1. The molecule has 2 aliphatic carbocycles. The van der Waals surface area contributed by atoms with Crippen molar-refractivity contribution in [3.05, 3.63) is 106 Å². The van der Waals surface area contributed by atoms with E-state index in [2.05, 4.69) is 79.8 Å². The standard InChI is InChI=1S/C54H67N9O8S/c1-34-7-5-6-8-41(34)48-32-59(4)35(2)31-61(48)39-28-54(29-39)19-22-60(23-20-54)38-9-11-42(45(26-38)62-44-16-24-70-33-49(44)71-52-47(62)25-37-15-21-55-50(37)57-52)51(64)58-72(68,69)40-10-12-43(46(27-40)63(66)67)56-30-36-13-17-53(3,65)18-14-36/h5-12,15,21,25-27,35-36,39,44,48-49,56,65H,13-14,16-20,22-24,28-33H2,1-4H3,(H,55,57)(H,58,64)/t35-,36?,44+,48+,49+,53?/m1/s1. The van der Waals surface area contributed by atoms with Crippen molar-refractivity contribution in [3.63, 3.8) is 0 Å². The van der Waals surface area contributed by atoms with Crippen LogP contribution in [0, 0.1) is 28.4 Å². The van der Waals surface area contributed by atoms with Gasteiger partial charge in [-0.1, -0.05) is 24.3 Å². The fourth-order valence-electron chi connectivity index (χ4n) is 12.6. The SMILES string of the molecule is Cc1ccccc1[C@@H]1CN(C)[C@H](C)CN1C1CC2(CCN(c3ccc(C(=O)NS(=O)(=O)c4ccc(NCC5CCC(C)(O)CC5)c([N+](=O)[O-])c4)c(N4c5cc6cc[nH]c6nc5O[C@H]5COCC[C@@H]54)c3)CC2)C1. The number of nitro benzene ring substituents is 1. The molecule has 4 atom stereocenters. The molecule has 72 heavy (non-hydrogen) atoms. The number of piperidine rings is 1. The van der Waals surface area contributed by atoms with E-state index in [0.717, 1.165) is 69.0 Å². The number of rotatable bonds is 11. The summed E-state index contributed by atoms with van der Waals surface area (Å²) in [5, 5.41) is 26.8. The number of hydrogen-bond donors (Lipinski definition) is 4. The number of fused-ring (bicyclic) bond motifs is 3. The van der Waals surface area contributed by atoms with Crippen molar-refractivity contribution >= 4 is 55.4 Å². The molecule has 5 aromatic rings. The highest BCUT2D eigenvalue weighted by Gasteiger charge is 2.51. The second kappa shape index (κ2) is 18.9. The maximum Gasteiger partial charge on any atom is 0.293 e. The zero-order valence-corrected chi connectivity index (χ0v) is 42.5. The predicted molar refractivity (Wildman–Crippen MR) is 277 cm³/mol. The predicted octanol–water partition coefficient (Wildman–Crippen LogP) is 8.07. The monoisotopic (exact) mass is 1000 g/mol. The van der Waals surface area contributed by atoms with Crippen LogP contribution in [0.1, 0.15) is 99.2 Å². The molecule has 6 heterocycles. The van der Waals surface area contributed by atoms with Gasteiger partial charge in [0.25, 0.3) is 21.6 Å². The van der Waals surface area contributed by atoms with Crippen LogP contribution in [0.25, 0.3) is 11.0 Å². The van der Waals surface area contributed by atoms with Gasteiger partial charge in [0.1, 0.15) is 23.1 Å². The van der Waals surface area contributed by atoms with E-state index < -0.39 is 43.1 Å². The van der Waals surface area contributed by atoms with Crippen molar-refractivity contribution in [2.75, 3.05) is 68.1 Å². The first-order valence-corrected chi connectivity index (χ1v) is 27.3. The largest absolute Gasteiger partial charge is 0.468 e. The van der Waals surface area contributed by atoms with Gasteiger partial charge in [-0.3, -0.25) is 19.8 Å². The fourth-order valence-corrected chi connectivity index (χ4v) is 13.6. The average molecular weight is 1000 g/mol. The summed E-state index contributed by atoms with van der Waals surface area (Å²) in [5.41, 5.74) is 4.92. The van der Waals surface area contributed by atoms with Crippen LogP contribution in [0.2, 0.25) is 0 Å². The number of piperazine rings is 1. The van der Waals surface area contributed by atoms with Crippen molar-refractivity contribution < 1.29 is 32.7 Å². The van der Waals surface area contributed by atoms with E-state index in [1.54, 1.807) is 6.07 Å². The normalized spacial score (nSPS) is 26.9. The Morgan fingerprint density at radius 1 is 0.986 bits per heavy atom. The number of nitrogens with one attached hydrogen (secondary N) is 3. The van der Waals surface area contributed by atoms with Crippen LogP contribution in [0.4, 0.5) is 28.4 Å². The number of likely N-dealkylation sites (N-methyl/N-ethyl adjacent to an activating group) is 1. The number of amides is 1. The topological polar surface area (TPSA) is 199 Å². The quantitative estimate of drug-likeness (QED) is 0.0732. The van der Waals surface area contributed by atoms with Crippen molar-refractivity contribution in [1.29, 1.82) is 0 Å². The van der Waals surface area contributed by atoms with Gasteiger partial charge in [0.15, 0.2) is 0 Å². The molecule has 1 amide bonds. The number of benzene rings is 3. The fraction of sp³-hybridized carbons (Fsp3) is 0.519. The van der Waals surface area contributed by atoms with Crippen molar-refractivity contribution in [3.8, 4) is 5.88 Å². The van der Waals surface area contributed by atoms with Crippen LogP contribution >= 0.6 is 0 Å². The van der Waals surface area contributed by atoms with Gasteiger partial charge in [-0.2, -0.15) is 4.98 Å². The van der Waals surface area contributed by atoms with Crippen molar-refractivity contribution in [1.82, 2.24) is 24.5 Å². The third-order valence-electron chi connectivity index (χ3n) is 17.2. The van der Waals surface area contributed by atoms with Gasteiger partial charge >= 0.3 is 0 Å². The molecule has 6 aliphatic rings. The number of aliphatic hydroxyl groups is 1. The second-order valence-electron chi connectivity index (χ2n) is 22.0. The van der Waals surface area contributed by atoms with E-state index in [9.17, 15) is 28.4 Å². The molecule has 5 fully saturated rings. The number of ether oxygens (including phenoxy) is 2. The number of sulfonamides is 1. The number of aromatic amines is 1. The highest BCUT2D eigenvalue weighted by Crippen LogP contribution is 2.54. The third-order valence-corrected chi connectivity index (χ3v) is 18.5. The van der Waals surface area contributed by atoms with E-state index in [4.69, 9.17) is 14.5 Å². The van der Waals surface area contributed by atoms with Crippen LogP contribution in [0.3, 0.4) is 0 Å². The van der Waals surface area contributed by atoms with Crippen molar-refractivity contribution in [2.45, 2.75) is 119 Å². The first-order chi connectivity index (χ1) is 34.5. The van der Waals surface area contributed by atoms with Gasteiger partial charge < -0.3 is 39.6 Å². The average Bonchev–Trinajstić information content (AvgIpc) is 3.82. The van der Waals surface area contributed by atoms with E-state index >= 15 is 0 Å². The Kier molecular flexibility index (Phi) is 12.7. The van der Waals surface area contributed by atoms with Crippen LogP contribution in [-0.4, -0.2) is 127 Å². The molecule has 0 bridgehead atoms. The lowest BCUT2D eigenvalue weighted by molar-refractivity contribution is -0.384. The summed E-state index contributed by atoms with van der Waals surface area (Å²) in [6.45, 7) is 11.3. The van der Waals surface area contributed by atoms with E-state index in [-0.39, 0.29) is 28.6 Å². The third kappa shape index (κ3) is 9.29. The molecule has 2 saturated carbocycles. The molecule has 18 heteroatoms. The summed E-state index contributed by atoms with van der Waals surface area (Å²) in [7, 11) is -2.37. The molecule has 0 radical (unpaired) electrons. The number of H-pyrrole nitrogens is 1. The summed E-state index contributed by atoms with van der Waals surface area (Å²) in [6.07, 6.45) is 9.18. The Morgan fingerprint density at radius 2 is 1.76 bits per heavy atom. The van der Waals surface area contributed by atoms with Crippen LogP contribution < -0.4 is 24.6 Å². The zero-order valence-electron chi connectivity index (χ0n) is 41.7. The van der Waals surface area contributed by atoms with Gasteiger partial charge in [0.2, 0.25) is 5.88 Å². The molecule has 0 unspecified atom stereocenters. The smallest absolute Gasteiger partial charge is 0.293 e. The molecular formula is C54H67N9O8S. The number of nitrogens with zero attached hydrogens (tertiary/aromatic N) is 6. The lowest BCUT2D eigenvalue weighted by Crippen LogP contribution is -2.61. The van der Waals surface area contributed by atoms with Crippen molar-refractivity contribution in [2.24, 2.45) is 11.3 Å². The second-order valence-corrected chi connectivity index (χ2v) is 23.7. The minimum Gasteiger partial charge on any atom is -0.468 e. The molecule has 3 saturated heterocycles. The van der Waals surface area contributed by atoms with Gasteiger partial charge in [0, 0.05) is 80.8 Å². The summed E-state index contributed by atoms with van der Waals surface area (Å²) in [5.74, 6) is -0.303.